The fourth-order valence-electron chi connectivity index (χ4n) is 2.04. The monoisotopic (exact) mass is 387 g/mol. The Balaban J connectivity index is 1.53. The van der Waals surface area contributed by atoms with Crippen LogP contribution in [0.1, 0.15) is 16.1 Å². The first-order chi connectivity index (χ1) is 12.6. The summed E-state index contributed by atoms with van der Waals surface area (Å²) in [6.07, 6.45) is 3.34. The van der Waals surface area contributed by atoms with E-state index in [1.165, 1.54) is 0 Å². The van der Waals surface area contributed by atoms with Gasteiger partial charge in [-0.3, -0.25) is 15.1 Å². The maximum atomic E-state index is 12.1. The molecule has 3 N–H and O–H groups in total. The molecule has 132 valence electrons. The highest BCUT2D eigenvalue weighted by Gasteiger charge is 2.12. The van der Waals surface area contributed by atoms with Crippen molar-refractivity contribution in [2.45, 2.75) is 6.54 Å². The molecule has 0 bridgehead atoms. The highest BCUT2D eigenvalue weighted by Crippen LogP contribution is 2.18. The van der Waals surface area contributed by atoms with Crippen LogP contribution >= 0.6 is 22.9 Å². The van der Waals surface area contributed by atoms with Gasteiger partial charge in [0.05, 0.1) is 0 Å². The first-order valence-electron chi connectivity index (χ1n) is 7.56. The molecule has 0 unspecified atom stereocenters. The fraction of sp³-hybridized carbons (Fsp3) is 0.0588. The number of carbonyl (C=O) groups is 2. The maximum absolute atomic E-state index is 12.1. The van der Waals surface area contributed by atoms with Crippen molar-refractivity contribution in [1.82, 2.24) is 15.3 Å². The van der Waals surface area contributed by atoms with E-state index < -0.39 is 6.03 Å². The number of hydrogen-bond donors (Lipinski definition) is 3. The van der Waals surface area contributed by atoms with E-state index in [9.17, 15) is 9.59 Å². The normalized spacial score (nSPS) is 10.2. The third-order valence-electron chi connectivity index (χ3n) is 3.22. The number of aromatic nitrogens is 2. The molecule has 0 fully saturated rings. The van der Waals surface area contributed by atoms with Crippen LogP contribution in [0.4, 0.5) is 15.6 Å². The number of rotatable bonds is 5. The smallest absolute Gasteiger partial charge is 0.325 e. The van der Waals surface area contributed by atoms with E-state index in [0.717, 1.165) is 16.9 Å². The molecule has 0 radical (unpaired) electrons. The molecule has 26 heavy (non-hydrogen) atoms. The van der Waals surface area contributed by atoms with Gasteiger partial charge in [-0.05, 0) is 29.8 Å². The number of carbonyl (C=O) groups excluding carboxylic acids is 2. The average molecular weight is 388 g/mol. The summed E-state index contributed by atoms with van der Waals surface area (Å²) in [6.45, 7) is 0.349. The van der Waals surface area contributed by atoms with Crippen molar-refractivity contribution in [2.24, 2.45) is 0 Å². The minimum Gasteiger partial charge on any atom is -0.347 e. The zero-order chi connectivity index (χ0) is 18.4. The average Bonchev–Trinajstić information content (AvgIpc) is 3.09. The molecular weight excluding hydrogens is 374 g/mol. The second-order valence-electron chi connectivity index (χ2n) is 5.17. The predicted octanol–water partition coefficient (Wildman–Crippen LogP) is 3.77. The summed E-state index contributed by atoms with van der Waals surface area (Å²) in [6, 6.07) is 9.97. The molecule has 1 aromatic carbocycles. The van der Waals surface area contributed by atoms with Crippen LogP contribution < -0.4 is 16.0 Å². The number of amides is 3. The van der Waals surface area contributed by atoms with Gasteiger partial charge in [0.15, 0.2) is 5.13 Å². The Labute approximate surface area is 158 Å². The second kappa shape index (κ2) is 8.41. The van der Waals surface area contributed by atoms with Crippen LogP contribution in [0.2, 0.25) is 5.02 Å². The summed E-state index contributed by atoms with van der Waals surface area (Å²) in [5.41, 5.74) is 1.67. The largest absolute Gasteiger partial charge is 0.347 e. The molecule has 3 rings (SSSR count). The van der Waals surface area contributed by atoms with Gasteiger partial charge in [0.25, 0.3) is 5.91 Å². The Morgan fingerprint density at radius 1 is 1.15 bits per heavy atom. The van der Waals surface area contributed by atoms with Crippen molar-refractivity contribution in [1.29, 1.82) is 0 Å². The number of anilines is 2. The van der Waals surface area contributed by atoms with Crippen molar-refractivity contribution >= 4 is 45.7 Å². The number of nitrogens with zero attached hydrogens (tertiary/aromatic N) is 2. The van der Waals surface area contributed by atoms with E-state index in [2.05, 4.69) is 25.9 Å². The summed E-state index contributed by atoms with van der Waals surface area (Å²) in [5, 5.41) is 10.4. The Kier molecular flexibility index (Phi) is 5.77. The van der Waals surface area contributed by atoms with Gasteiger partial charge in [-0.1, -0.05) is 23.7 Å². The predicted molar refractivity (Wildman–Crippen MR) is 102 cm³/mol. The van der Waals surface area contributed by atoms with Crippen LogP contribution in [0.5, 0.6) is 0 Å². The number of thiazole rings is 1. The van der Waals surface area contributed by atoms with E-state index in [-0.39, 0.29) is 11.6 Å². The fourth-order valence-corrected chi connectivity index (χ4v) is 2.91. The summed E-state index contributed by atoms with van der Waals surface area (Å²) >= 11 is 7.03. The molecule has 7 nitrogen and oxygen atoms in total. The van der Waals surface area contributed by atoms with Crippen molar-refractivity contribution in [2.75, 3.05) is 10.6 Å². The van der Waals surface area contributed by atoms with Gasteiger partial charge in [0.2, 0.25) is 0 Å². The quantitative estimate of drug-likeness (QED) is 0.621. The molecule has 0 atom stereocenters. The highest BCUT2D eigenvalue weighted by molar-refractivity contribution is 7.14. The summed E-state index contributed by atoms with van der Waals surface area (Å²) < 4.78 is 0. The van der Waals surface area contributed by atoms with E-state index in [0.29, 0.717) is 22.4 Å². The van der Waals surface area contributed by atoms with E-state index >= 15 is 0 Å². The topological polar surface area (TPSA) is 96.0 Å². The summed E-state index contributed by atoms with van der Waals surface area (Å²) in [5.74, 6) is -0.326. The molecule has 0 aliphatic heterocycles. The van der Waals surface area contributed by atoms with Gasteiger partial charge in [-0.25, -0.2) is 9.78 Å². The van der Waals surface area contributed by atoms with E-state index in [4.69, 9.17) is 11.6 Å². The van der Waals surface area contributed by atoms with Gasteiger partial charge >= 0.3 is 6.03 Å². The Bertz CT molecular complexity index is 916. The van der Waals surface area contributed by atoms with Gasteiger partial charge in [0, 0.05) is 35.0 Å². The third kappa shape index (κ3) is 5.01. The lowest BCUT2D eigenvalue weighted by atomic mass is 10.3. The molecule has 3 aromatic rings. The molecule has 0 aliphatic rings. The number of nitrogens with one attached hydrogen (secondary N) is 3. The maximum Gasteiger partial charge on any atom is 0.325 e. The van der Waals surface area contributed by atoms with E-state index in [1.807, 2.05) is 6.07 Å². The van der Waals surface area contributed by atoms with Gasteiger partial charge < -0.3 is 10.6 Å². The van der Waals surface area contributed by atoms with Crippen molar-refractivity contribution in [3.8, 4) is 0 Å². The number of benzene rings is 1. The van der Waals surface area contributed by atoms with Gasteiger partial charge in [-0.15, -0.1) is 11.3 Å². The lowest BCUT2D eigenvalue weighted by Crippen LogP contribution is -2.23. The number of pyridine rings is 1. The lowest BCUT2D eigenvalue weighted by molar-refractivity contribution is 0.0946. The van der Waals surface area contributed by atoms with Crippen molar-refractivity contribution in [3.05, 3.63) is 70.5 Å². The third-order valence-corrected chi connectivity index (χ3v) is 4.21. The zero-order valence-corrected chi connectivity index (χ0v) is 15.0. The van der Waals surface area contributed by atoms with Crippen LogP contribution in [0, 0.1) is 0 Å². The minimum absolute atomic E-state index is 0.233. The molecule has 2 heterocycles. The van der Waals surface area contributed by atoms with Crippen LogP contribution in [0.15, 0.2) is 54.2 Å². The molecule has 9 heteroatoms. The van der Waals surface area contributed by atoms with Gasteiger partial charge in [-0.2, -0.15) is 0 Å². The first kappa shape index (κ1) is 17.8. The highest BCUT2D eigenvalue weighted by atomic mass is 35.5. The molecule has 0 spiro atoms. The first-order valence-corrected chi connectivity index (χ1v) is 8.82. The van der Waals surface area contributed by atoms with Crippen LogP contribution in [-0.2, 0) is 6.54 Å². The number of halogens is 1. The van der Waals surface area contributed by atoms with Crippen LogP contribution in [0.25, 0.3) is 0 Å². The molecule has 2 aromatic heterocycles. The van der Waals surface area contributed by atoms with Gasteiger partial charge in [0.1, 0.15) is 5.69 Å². The van der Waals surface area contributed by atoms with E-state index in [1.54, 1.807) is 48.1 Å². The second-order valence-corrected chi connectivity index (χ2v) is 6.47. The zero-order valence-electron chi connectivity index (χ0n) is 13.4. The minimum atomic E-state index is -0.469. The Hall–Kier alpha value is -2.97. The van der Waals surface area contributed by atoms with Crippen molar-refractivity contribution < 1.29 is 9.59 Å². The summed E-state index contributed by atoms with van der Waals surface area (Å²) in [4.78, 5) is 32.2. The van der Waals surface area contributed by atoms with Crippen LogP contribution in [-0.4, -0.2) is 21.9 Å². The number of hydrogen-bond acceptors (Lipinski definition) is 5. The Morgan fingerprint density at radius 2 is 2.04 bits per heavy atom. The Morgan fingerprint density at radius 3 is 2.81 bits per heavy atom. The molecule has 0 saturated heterocycles. The van der Waals surface area contributed by atoms with Crippen LogP contribution in [0.3, 0.4) is 0 Å². The lowest BCUT2D eigenvalue weighted by Gasteiger charge is -2.05. The SMILES string of the molecule is O=C(Nc1cccc(Cl)c1)Nc1nc(C(=O)NCc2cccnc2)cs1. The molecular formula is C17H14ClN5O2S. The van der Waals surface area contributed by atoms with Crippen molar-refractivity contribution in [3.63, 3.8) is 0 Å². The standard InChI is InChI=1S/C17H14ClN5O2S/c18-12-4-1-5-13(7-12)21-16(25)23-17-22-14(10-26-17)15(24)20-9-11-3-2-6-19-8-11/h1-8,10H,9H2,(H,20,24)(H2,21,22,23,25). The molecule has 0 saturated carbocycles. The molecule has 3 amide bonds. The number of urea groups is 1. The summed E-state index contributed by atoms with van der Waals surface area (Å²) in [7, 11) is 0. The molecule has 0 aliphatic carbocycles.